The molecule has 0 saturated heterocycles. The van der Waals surface area contributed by atoms with Gasteiger partial charge in [-0.05, 0) is 37.1 Å². The fourth-order valence-corrected chi connectivity index (χ4v) is 1.88. The maximum atomic E-state index is 5.90. The highest BCUT2D eigenvalue weighted by atomic mass is 35.5. The van der Waals surface area contributed by atoms with E-state index in [4.69, 9.17) is 16.3 Å². The van der Waals surface area contributed by atoms with Crippen LogP contribution in [0.15, 0.2) is 24.3 Å². The van der Waals surface area contributed by atoms with Gasteiger partial charge in [-0.1, -0.05) is 12.1 Å². The quantitative estimate of drug-likeness (QED) is 0.644. The zero-order chi connectivity index (χ0) is 12.8. The first-order valence-electron chi connectivity index (χ1n) is 6.05. The molecule has 1 N–H and O–H groups in total. The summed E-state index contributed by atoms with van der Waals surface area (Å²) in [5.41, 5.74) is 0.852. The van der Waals surface area contributed by atoms with Gasteiger partial charge >= 0.3 is 0 Å². The van der Waals surface area contributed by atoms with Crippen molar-refractivity contribution in [3.05, 3.63) is 29.5 Å². The van der Waals surface area contributed by atoms with Crippen LogP contribution < -0.4 is 5.32 Å². The van der Waals surface area contributed by atoms with E-state index in [1.807, 2.05) is 31.2 Å². The van der Waals surface area contributed by atoms with E-state index in [1.54, 1.807) is 0 Å². The zero-order valence-electron chi connectivity index (χ0n) is 10.3. The molecular formula is C13H16ClN3O. The Balaban J connectivity index is 2.07. The first kappa shape index (κ1) is 13.1. The lowest BCUT2D eigenvalue weighted by molar-refractivity contribution is 0.147. The van der Waals surface area contributed by atoms with E-state index in [0.29, 0.717) is 0 Å². The van der Waals surface area contributed by atoms with Gasteiger partial charge in [0.2, 0.25) is 5.28 Å². The molecule has 18 heavy (non-hydrogen) atoms. The van der Waals surface area contributed by atoms with Gasteiger partial charge in [0.1, 0.15) is 5.82 Å². The Morgan fingerprint density at radius 1 is 1.28 bits per heavy atom. The topological polar surface area (TPSA) is 47.0 Å². The van der Waals surface area contributed by atoms with Crippen LogP contribution in [0.25, 0.3) is 10.9 Å². The third kappa shape index (κ3) is 3.31. The van der Waals surface area contributed by atoms with E-state index >= 15 is 0 Å². The molecule has 0 radical (unpaired) electrons. The average Bonchev–Trinajstić information content (AvgIpc) is 2.38. The summed E-state index contributed by atoms with van der Waals surface area (Å²) in [6.45, 7) is 4.30. The van der Waals surface area contributed by atoms with Crippen molar-refractivity contribution in [3.63, 3.8) is 0 Å². The lowest BCUT2D eigenvalue weighted by Crippen LogP contribution is -2.07. The Hall–Kier alpha value is -1.39. The molecular weight excluding hydrogens is 250 g/mol. The molecule has 0 bridgehead atoms. The van der Waals surface area contributed by atoms with Gasteiger partial charge in [0.05, 0.1) is 5.52 Å². The fraction of sp³-hybridized carbons (Fsp3) is 0.385. The molecule has 1 heterocycles. The summed E-state index contributed by atoms with van der Waals surface area (Å²) < 4.78 is 5.28. The van der Waals surface area contributed by atoms with Gasteiger partial charge in [0.15, 0.2) is 0 Å². The Labute approximate surface area is 111 Å². The molecule has 0 aliphatic carbocycles. The molecule has 0 atom stereocenters. The second-order valence-electron chi connectivity index (χ2n) is 3.84. The number of hydrogen-bond acceptors (Lipinski definition) is 4. The number of nitrogens with zero attached hydrogens (tertiary/aromatic N) is 2. The van der Waals surface area contributed by atoms with Crippen LogP contribution in [0.4, 0.5) is 5.82 Å². The van der Waals surface area contributed by atoms with Gasteiger partial charge in [-0.3, -0.25) is 0 Å². The smallest absolute Gasteiger partial charge is 0.224 e. The largest absolute Gasteiger partial charge is 0.382 e. The van der Waals surface area contributed by atoms with Crippen molar-refractivity contribution in [2.75, 3.05) is 25.1 Å². The molecule has 1 aromatic carbocycles. The molecule has 0 unspecified atom stereocenters. The number of benzene rings is 1. The summed E-state index contributed by atoms with van der Waals surface area (Å²) in [6, 6.07) is 7.81. The van der Waals surface area contributed by atoms with E-state index < -0.39 is 0 Å². The molecule has 5 heteroatoms. The van der Waals surface area contributed by atoms with Crippen molar-refractivity contribution in [1.29, 1.82) is 0 Å². The van der Waals surface area contributed by atoms with Crippen LogP contribution in [0, 0.1) is 0 Å². The highest BCUT2D eigenvalue weighted by Crippen LogP contribution is 2.21. The summed E-state index contributed by atoms with van der Waals surface area (Å²) in [5, 5.41) is 4.52. The summed E-state index contributed by atoms with van der Waals surface area (Å²) in [5.74, 6) is 0.780. The minimum atomic E-state index is 0.265. The van der Waals surface area contributed by atoms with E-state index in [0.717, 1.165) is 42.9 Å². The maximum Gasteiger partial charge on any atom is 0.224 e. The molecule has 0 spiro atoms. The minimum Gasteiger partial charge on any atom is -0.382 e. The molecule has 0 aliphatic heterocycles. The number of ether oxygens (including phenoxy) is 1. The summed E-state index contributed by atoms with van der Waals surface area (Å²) in [7, 11) is 0. The predicted octanol–water partition coefficient (Wildman–Crippen LogP) is 3.12. The molecule has 96 valence electrons. The van der Waals surface area contributed by atoms with Crippen LogP contribution in [0.1, 0.15) is 13.3 Å². The van der Waals surface area contributed by atoms with Gasteiger partial charge in [-0.25, -0.2) is 9.97 Å². The SMILES string of the molecule is CCOCCCNc1nc(Cl)nc2ccccc12. The first-order valence-corrected chi connectivity index (χ1v) is 6.43. The van der Waals surface area contributed by atoms with E-state index in [2.05, 4.69) is 15.3 Å². The highest BCUT2D eigenvalue weighted by Gasteiger charge is 2.05. The van der Waals surface area contributed by atoms with Crippen LogP contribution in [0.2, 0.25) is 5.28 Å². The molecule has 0 saturated carbocycles. The normalized spacial score (nSPS) is 10.8. The second kappa shape index (κ2) is 6.52. The van der Waals surface area contributed by atoms with Gasteiger partial charge in [0.25, 0.3) is 0 Å². The van der Waals surface area contributed by atoms with E-state index in [-0.39, 0.29) is 5.28 Å². The van der Waals surface area contributed by atoms with Crippen LogP contribution in [0.5, 0.6) is 0 Å². The van der Waals surface area contributed by atoms with Gasteiger partial charge in [-0.2, -0.15) is 0 Å². The van der Waals surface area contributed by atoms with Crippen molar-refractivity contribution in [2.24, 2.45) is 0 Å². The van der Waals surface area contributed by atoms with Crippen molar-refractivity contribution < 1.29 is 4.74 Å². The van der Waals surface area contributed by atoms with Crippen LogP contribution in [0.3, 0.4) is 0 Å². The number of rotatable bonds is 6. The Morgan fingerprint density at radius 3 is 2.94 bits per heavy atom. The van der Waals surface area contributed by atoms with Gasteiger partial charge in [0, 0.05) is 25.1 Å². The van der Waals surface area contributed by atoms with E-state index in [9.17, 15) is 0 Å². The third-order valence-corrected chi connectivity index (χ3v) is 2.71. The van der Waals surface area contributed by atoms with Crippen molar-refractivity contribution >= 4 is 28.3 Å². The number of aromatic nitrogens is 2. The zero-order valence-corrected chi connectivity index (χ0v) is 11.1. The van der Waals surface area contributed by atoms with E-state index in [1.165, 1.54) is 0 Å². The number of para-hydroxylation sites is 1. The lowest BCUT2D eigenvalue weighted by Gasteiger charge is -2.08. The summed E-state index contributed by atoms with van der Waals surface area (Å²) in [4.78, 5) is 8.41. The molecule has 1 aromatic heterocycles. The average molecular weight is 266 g/mol. The molecule has 2 aromatic rings. The summed E-state index contributed by atoms with van der Waals surface area (Å²) in [6.07, 6.45) is 0.934. The first-order chi connectivity index (χ1) is 8.81. The molecule has 0 aliphatic rings. The van der Waals surface area contributed by atoms with Crippen molar-refractivity contribution in [2.45, 2.75) is 13.3 Å². The van der Waals surface area contributed by atoms with Crippen LogP contribution >= 0.6 is 11.6 Å². The molecule has 4 nitrogen and oxygen atoms in total. The standard InChI is InChI=1S/C13H16ClN3O/c1-2-18-9-5-8-15-12-10-6-3-4-7-11(10)16-13(14)17-12/h3-4,6-7H,2,5,8-9H2,1H3,(H,15,16,17). The van der Waals surface area contributed by atoms with Gasteiger partial charge < -0.3 is 10.1 Å². The number of fused-ring (bicyclic) bond motifs is 1. The van der Waals surface area contributed by atoms with Crippen molar-refractivity contribution in [1.82, 2.24) is 9.97 Å². The number of anilines is 1. The highest BCUT2D eigenvalue weighted by molar-refractivity contribution is 6.28. The molecule has 0 amide bonds. The number of hydrogen-bond donors (Lipinski definition) is 1. The Morgan fingerprint density at radius 2 is 2.11 bits per heavy atom. The predicted molar refractivity (Wildman–Crippen MR) is 74.1 cm³/mol. The summed E-state index contributed by atoms with van der Waals surface area (Å²) >= 11 is 5.90. The number of halogens is 1. The van der Waals surface area contributed by atoms with Crippen molar-refractivity contribution in [3.8, 4) is 0 Å². The monoisotopic (exact) mass is 265 g/mol. The van der Waals surface area contributed by atoms with Crippen LogP contribution in [-0.4, -0.2) is 29.7 Å². The maximum absolute atomic E-state index is 5.90. The molecule has 0 fully saturated rings. The Bertz CT molecular complexity index is 519. The number of nitrogens with one attached hydrogen (secondary N) is 1. The third-order valence-electron chi connectivity index (χ3n) is 2.54. The minimum absolute atomic E-state index is 0.265. The second-order valence-corrected chi connectivity index (χ2v) is 4.17. The fourth-order valence-electron chi connectivity index (χ4n) is 1.71. The Kier molecular flexibility index (Phi) is 4.73. The lowest BCUT2D eigenvalue weighted by atomic mass is 10.2. The molecule has 2 rings (SSSR count). The van der Waals surface area contributed by atoms with Gasteiger partial charge in [-0.15, -0.1) is 0 Å². The van der Waals surface area contributed by atoms with Crippen LogP contribution in [-0.2, 0) is 4.74 Å².